The van der Waals surface area contributed by atoms with Crippen molar-refractivity contribution in [3.05, 3.63) is 12.2 Å². The summed E-state index contributed by atoms with van der Waals surface area (Å²) in [6.45, 7) is 4.55. The van der Waals surface area contributed by atoms with Gasteiger partial charge < -0.3 is 10.6 Å². The van der Waals surface area contributed by atoms with Crippen molar-refractivity contribution in [2.24, 2.45) is 5.73 Å². The molecule has 2 bridgehead atoms. The van der Waals surface area contributed by atoms with Crippen LogP contribution in [0.3, 0.4) is 0 Å². The highest BCUT2D eigenvalue weighted by molar-refractivity contribution is 5.88. The molecule has 2 unspecified atom stereocenters. The fourth-order valence-corrected chi connectivity index (χ4v) is 2.26. The largest absolute Gasteiger partial charge is 0.334 e. The predicted octanol–water partition coefficient (Wildman–Crippen LogP) is -0.582. The zero-order chi connectivity index (χ0) is 9.97. The second kappa shape index (κ2) is 4.11. The lowest BCUT2D eigenvalue weighted by Gasteiger charge is -2.33. The highest BCUT2D eigenvalue weighted by Crippen LogP contribution is 2.20. The molecule has 2 aliphatic heterocycles. The van der Waals surface area contributed by atoms with E-state index in [-0.39, 0.29) is 5.91 Å². The van der Waals surface area contributed by atoms with Gasteiger partial charge in [0.2, 0.25) is 5.91 Å². The lowest BCUT2D eigenvalue weighted by atomic mass is 10.2. The van der Waals surface area contributed by atoms with Gasteiger partial charge in [0, 0.05) is 44.8 Å². The number of nitrogens with two attached hydrogens (primary N) is 1. The first-order valence-corrected chi connectivity index (χ1v) is 5.21. The fourth-order valence-electron chi connectivity index (χ4n) is 2.26. The van der Waals surface area contributed by atoms with Crippen molar-refractivity contribution in [2.75, 3.05) is 32.7 Å². The third-order valence-electron chi connectivity index (χ3n) is 3.02. The van der Waals surface area contributed by atoms with Gasteiger partial charge in [-0.2, -0.15) is 0 Å². The van der Waals surface area contributed by atoms with Crippen molar-refractivity contribution in [3.63, 3.8) is 0 Å². The molecule has 0 spiro atoms. The van der Waals surface area contributed by atoms with E-state index in [2.05, 4.69) is 4.90 Å². The summed E-state index contributed by atoms with van der Waals surface area (Å²) in [7, 11) is 0. The van der Waals surface area contributed by atoms with Gasteiger partial charge in [0.25, 0.3) is 0 Å². The predicted molar refractivity (Wildman–Crippen MR) is 54.8 cm³/mol. The Hall–Kier alpha value is -0.870. The van der Waals surface area contributed by atoms with Gasteiger partial charge in [-0.25, -0.2) is 0 Å². The summed E-state index contributed by atoms with van der Waals surface area (Å²) >= 11 is 0. The average Bonchev–Trinajstić information content (AvgIpc) is 2.57. The number of hydrogen-bond donors (Lipinski definition) is 1. The number of amides is 1. The molecule has 2 rings (SSSR count). The summed E-state index contributed by atoms with van der Waals surface area (Å²) < 4.78 is 0. The number of carbonyl (C=O) groups excluding carboxylic acids is 1. The first-order valence-electron chi connectivity index (χ1n) is 5.21. The van der Waals surface area contributed by atoms with Crippen molar-refractivity contribution in [3.8, 4) is 0 Å². The summed E-state index contributed by atoms with van der Waals surface area (Å²) in [5.41, 5.74) is 5.32. The van der Waals surface area contributed by atoms with Crippen LogP contribution in [-0.4, -0.2) is 54.5 Å². The molecule has 2 saturated heterocycles. The first kappa shape index (κ1) is 9.68. The molecule has 0 saturated carbocycles. The van der Waals surface area contributed by atoms with Gasteiger partial charge in [-0.05, 0) is 6.42 Å². The van der Waals surface area contributed by atoms with Crippen LogP contribution in [0.2, 0.25) is 0 Å². The SMILES string of the molecule is NC/C=C/C(=O)N1CCN2CCC1C2. The molecular formula is C10H17N3O. The van der Waals surface area contributed by atoms with Crippen molar-refractivity contribution < 1.29 is 4.79 Å². The maximum Gasteiger partial charge on any atom is 0.246 e. The van der Waals surface area contributed by atoms with Crippen LogP contribution in [-0.2, 0) is 4.79 Å². The smallest absolute Gasteiger partial charge is 0.246 e. The molecule has 4 nitrogen and oxygen atoms in total. The Kier molecular flexibility index (Phi) is 2.84. The van der Waals surface area contributed by atoms with E-state index in [1.165, 1.54) is 0 Å². The van der Waals surface area contributed by atoms with E-state index in [0.717, 1.165) is 32.6 Å². The van der Waals surface area contributed by atoms with Gasteiger partial charge in [-0.1, -0.05) is 6.08 Å². The zero-order valence-corrected chi connectivity index (χ0v) is 8.35. The molecule has 2 aliphatic rings. The minimum atomic E-state index is 0.127. The number of rotatable bonds is 2. The maximum absolute atomic E-state index is 11.7. The van der Waals surface area contributed by atoms with Gasteiger partial charge in [0.15, 0.2) is 0 Å². The van der Waals surface area contributed by atoms with Crippen molar-refractivity contribution >= 4 is 5.91 Å². The molecule has 0 aliphatic carbocycles. The molecule has 2 fully saturated rings. The molecular weight excluding hydrogens is 178 g/mol. The molecule has 0 aromatic carbocycles. The molecule has 0 radical (unpaired) electrons. The molecule has 2 atom stereocenters. The molecule has 78 valence electrons. The Morgan fingerprint density at radius 1 is 1.43 bits per heavy atom. The van der Waals surface area contributed by atoms with E-state index in [1.54, 1.807) is 12.2 Å². The maximum atomic E-state index is 11.7. The molecule has 2 N–H and O–H groups in total. The highest BCUT2D eigenvalue weighted by Gasteiger charge is 2.33. The second-order valence-corrected chi connectivity index (χ2v) is 3.91. The molecule has 14 heavy (non-hydrogen) atoms. The van der Waals surface area contributed by atoms with Crippen LogP contribution in [0.5, 0.6) is 0 Å². The third-order valence-corrected chi connectivity index (χ3v) is 3.02. The van der Waals surface area contributed by atoms with Gasteiger partial charge in [0.05, 0.1) is 0 Å². The quantitative estimate of drug-likeness (QED) is 0.600. The molecule has 4 heteroatoms. The van der Waals surface area contributed by atoms with Crippen LogP contribution in [0.1, 0.15) is 6.42 Å². The minimum absolute atomic E-state index is 0.127. The van der Waals surface area contributed by atoms with E-state index in [9.17, 15) is 4.79 Å². The van der Waals surface area contributed by atoms with E-state index in [1.807, 2.05) is 4.90 Å². The van der Waals surface area contributed by atoms with Crippen LogP contribution < -0.4 is 5.73 Å². The number of piperazine rings is 1. The zero-order valence-electron chi connectivity index (χ0n) is 8.35. The van der Waals surface area contributed by atoms with Crippen molar-refractivity contribution in [1.82, 2.24) is 9.80 Å². The van der Waals surface area contributed by atoms with Crippen LogP contribution in [0.25, 0.3) is 0 Å². The van der Waals surface area contributed by atoms with Gasteiger partial charge >= 0.3 is 0 Å². The number of carbonyl (C=O) groups is 1. The van der Waals surface area contributed by atoms with Gasteiger partial charge in [0.1, 0.15) is 0 Å². The van der Waals surface area contributed by atoms with Crippen molar-refractivity contribution in [2.45, 2.75) is 12.5 Å². The Labute approximate surface area is 84.3 Å². The normalized spacial score (nSPS) is 31.4. The second-order valence-electron chi connectivity index (χ2n) is 3.91. The molecule has 0 aromatic rings. The number of nitrogens with zero attached hydrogens (tertiary/aromatic N) is 2. The first-order chi connectivity index (χ1) is 6.81. The monoisotopic (exact) mass is 195 g/mol. The number of hydrogen-bond acceptors (Lipinski definition) is 3. The van der Waals surface area contributed by atoms with Crippen LogP contribution in [0.15, 0.2) is 12.2 Å². The van der Waals surface area contributed by atoms with Crippen LogP contribution >= 0.6 is 0 Å². The van der Waals surface area contributed by atoms with E-state index in [4.69, 9.17) is 5.73 Å². The third kappa shape index (κ3) is 1.81. The summed E-state index contributed by atoms with van der Waals surface area (Å²) in [6.07, 6.45) is 4.46. The summed E-state index contributed by atoms with van der Waals surface area (Å²) in [5, 5.41) is 0. The molecule has 0 aromatic heterocycles. The highest BCUT2D eigenvalue weighted by atomic mass is 16.2. The standard InChI is InChI=1S/C10H17N3O/c11-4-1-2-10(14)13-7-6-12-5-3-9(13)8-12/h1-2,9H,3-8,11H2/b2-1+. The summed E-state index contributed by atoms with van der Waals surface area (Å²) in [6, 6.07) is 0.443. The Morgan fingerprint density at radius 3 is 3.07 bits per heavy atom. The summed E-state index contributed by atoms with van der Waals surface area (Å²) in [4.78, 5) is 16.1. The average molecular weight is 195 g/mol. The van der Waals surface area contributed by atoms with E-state index in [0.29, 0.717) is 12.6 Å². The van der Waals surface area contributed by atoms with Gasteiger partial charge in [-0.3, -0.25) is 9.69 Å². The molecule has 1 amide bonds. The van der Waals surface area contributed by atoms with Crippen molar-refractivity contribution in [1.29, 1.82) is 0 Å². The number of fused-ring (bicyclic) bond motifs is 2. The van der Waals surface area contributed by atoms with E-state index < -0.39 is 0 Å². The Morgan fingerprint density at radius 2 is 2.29 bits per heavy atom. The van der Waals surface area contributed by atoms with Crippen LogP contribution in [0.4, 0.5) is 0 Å². The lowest BCUT2D eigenvalue weighted by molar-refractivity contribution is -0.129. The Balaban J connectivity index is 1.96. The summed E-state index contributed by atoms with van der Waals surface area (Å²) in [5.74, 6) is 0.127. The topological polar surface area (TPSA) is 49.6 Å². The molecule has 2 heterocycles. The lowest BCUT2D eigenvalue weighted by Crippen LogP contribution is -2.48. The van der Waals surface area contributed by atoms with Gasteiger partial charge in [-0.15, -0.1) is 0 Å². The Bertz CT molecular complexity index is 252. The van der Waals surface area contributed by atoms with Crippen LogP contribution in [0, 0.1) is 0 Å². The fraction of sp³-hybridized carbons (Fsp3) is 0.700. The van der Waals surface area contributed by atoms with E-state index >= 15 is 0 Å². The minimum Gasteiger partial charge on any atom is -0.334 e.